The number of pyridine rings is 1. The third kappa shape index (κ3) is 4.76. The molecule has 1 amide bonds. The van der Waals surface area contributed by atoms with Crippen LogP contribution in [0.15, 0.2) is 36.9 Å². The summed E-state index contributed by atoms with van der Waals surface area (Å²) in [7, 11) is 0. The molecule has 0 spiro atoms. The Kier molecular flexibility index (Phi) is 6.48. The number of nitrogen functional groups attached to an aromatic ring is 1. The lowest BCUT2D eigenvalue weighted by Gasteiger charge is -2.31. The van der Waals surface area contributed by atoms with Crippen molar-refractivity contribution in [2.24, 2.45) is 0 Å². The normalized spacial score (nSPS) is 14.6. The van der Waals surface area contributed by atoms with Crippen LogP contribution in [0.4, 0.5) is 5.95 Å². The van der Waals surface area contributed by atoms with E-state index in [1.807, 2.05) is 41.2 Å². The van der Waals surface area contributed by atoms with E-state index in [4.69, 9.17) is 5.73 Å². The van der Waals surface area contributed by atoms with Gasteiger partial charge in [0.05, 0.1) is 17.9 Å². The van der Waals surface area contributed by atoms with Gasteiger partial charge in [0.1, 0.15) is 5.65 Å². The Morgan fingerprint density at radius 2 is 1.97 bits per heavy atom. The van der Waals surface area contributed by atoms with Gasteiger partial charge in [-0.15, -0.1) is 0 Å². The smallest absolute Gasteiger partial charge is 0.222 e. The minimum Gasteiger partial charge on any atom is -0.368 e. The van der Waals surface area contributed by atoms with Crippen LogP contribution in [0.1, 0.15) is 57.7 Å². The van der Waals surface area contributed by atoms with E-state index in [0.29, 0.717) is 18.4 Å². The van der Waals surface area contributed by atoms with Gasteiger partial charge < -0.3 is 15.6 Å². The lowest BCUT2D eigenvalue weighted by molar-refractivity contribution is -0.132. The number of anilines is 1. The molecule has 1 fully saturated rings. The van der Waals surface area contributed by atoms with Gasteiger partial charge in [-0.1, -0.05) is 20.3 Å². The van der Waals surface area contributed by atoms with E-state index in [1.165, 1.54) is 0 Å². The Morgan fingerprint density at radius 3 is 2.74 bits per heavy atom. The van der Waals surface area contributed by atoms with Crippen LogP contribution >= 0.6 is 0 Å². The average molecular weight is 473 g/mol. The van der Waals surface area contributed by atoms with Gasteiger partial charge in [0.2, 0.25) is 11.9 Å². The number of hydrogen-bond donors (Lipinski definition) is 2. The van der Waals surface area contributed by atoms with Crippen LogP contribution in [0, 0.1) is 0 Å². The number of hydrogen-bond acceptors (Lipinski definition) is 6. The molecule has 5 heterocycles. The Balaban J connectivity index is 1.40. The number of nitrogens with two attached hydrogens (primary N) is 1. The van der Waals surface area contributed by atoms with Gasteiger partial charge in [-0.25, -0.2) is 15.0 Å². The quantitative estimate of drug-likeness (QED) is 0.412. The van der Waals surface area contributed by atoms with Crippen molar-refractivity contribution in [3.05, 3.63) is 42.6 Å². The SMILES string of the molecule is CCCCc1cc(-c2c[nH]c3ncc(-c4cnn(C5CCN(C(=O)CC)CC5)c4)cc23)nc(N)n1. The van der Waals surface area contributed by atoms with Crippen molar-refractivity contribution < 1.29 is 4.79 Å². The second-order valence-corrected chi connectivity index (χ2v) is 9.20. The third-order valence-electron chi connectivity index (χ3n) is 6.82. The number of aromatic amines is 1. The summed E-state index contributed by atoms with van der Waals surface area (Å²) in [5.41, 5.74) is 11.6. The maximum atomic E-state index is 12.0. The van der Waals surface area contributed by atoms with Crippen molar-refractivity contribution in [3.8, 4) is 22.4 Å². The molecule has 5 rings (SSSR count). The summed E-state index contributed by atoms with van der Waals surface area (Å²) in [5.74, 6) is 0.522. The van der Waals surface area contributed by atoms with Crippen molar-refractivity contribution >= 4 is 22.9 Å². The van der Waals surface area contributed by atoms with Gasteiger partial charge in [-0.3, -0.25) is 9.48 Å². The summed E-state index contributed by atoms with van der Waals surface area (Å²) < 4.78 is 2.04. The molecule has 1 aliphatic heterocycles. The average Bonchev–Trinajstić information content (AvgIpc) is 3.54. The zero-order valence-corrected chi connectivity index (χ0v) is 20.4. The molecule has 0 unspecified atom stereocenters. The van der Waals surface area contributed by atoms with Gasteiger partial charge in [0, 0.05) is 65.9 Å². The summed E-state index contributed by atoms with van der Waals surface area (Å²) >= 11 is 0. The van der Waals surface area contributed by atoms with E-state index < -0.39 is 0 Å². The van der Waals surface area contributed by atoms with Crippen LogP contribution in [0.2, 0.25) is 0 Å². The predicted molar refractivity (Wildman–Crippen MR) is 137 cm³/mol. The Morgan fingerprint density at radius 1 is 1.14 bits per heavy atom. The topological polar surface area (TPSA) is 119 Å². The number of nitrogens with one attached hydrogen (secondary N) is 1. The maximum Gasteiger partial charge on any atom is 0.222 e. The van der Waals surface area contributed by atoms with Crippen molar-refractivity contribution in [3.63, 3.8) is 0 Å². The zero-order chi connectivity index (χ0) is 24.4. The monoisotopic (exact) mass is 472 g/mol. The van der Waals surface area contributed by atoms with Crippen LogP contribution in [0.3, 0.4) is 0 Å². The molecule has 0 atom stereocenters. The molecule has 0 aromatic carbocycles. The standard InChI is InChI=1S/C26H32N8O/c1-3-5-6-19-12-23(32-26(27)31-19)22-15-29-25-21(22)11-17(13-28-25)18-14-30-34(16-18)20-7-9-33(10-8-20)24(35)4-2/h11-16,20H,3-10H2,1-2H3,(H,28,29)(H2,27,31,32). The summed E-state index contributed by atoms with van der Waals surface area (Å²) in [6.07, 6.45) is 13.2. The van der Waals surface area contributed by atoms with Crippen molar-refractivity contribution in [2.75, 3.05) is 18.8 Å². The number of rotatable bonds is 7. The number of nitrogens with zero attached hydrogens (tertiary/aromatic N) is 6. The highest BCUT2D eigenvalue weighted by atomic mass is 16.2. The number of carbonyl (C=O) groups excluding carboxylic acids is 1. The van der Waals surface area contributed by atoms with E-state index in [-0.39, 0.29) is 5.91 Å². The molecule has 3 N–H and O–H groups in total. The predicted octanol–water partition coefficient (Wildman–Crippen LogP) is 4.38. The van der Waals surface area contributed by atoms with E-state index in [2.05, 4.69) is 44.2 Å². The van der Waals surface area contributed by atoms with Crippen molar-refractivity contribution in [2.45, 2.75) is 58.4 Å². The van der Waals surface area contributed by atoms with Gasteiger partial charge in [0.15, 0.2) is 0 Å². The number of H-pyrrole nitrogens is 1. The molecule has 0 bridgehead atoms. The first-order chi connectivity index (χ1) is 17.1. The summed E-state index contributed by atoms with van der Waals surface area (Å²) in [6.45, 7) is 5.65. The van der Waals surface area contributed by atoms with Crippen molar-refractivity contribution in [1.82, 2.24) is 34.6 Å². The minimum atomic E-state index is 0.231. The largest absolute Gasteiger partial charge is 0.368 e. The summed E-state index contributed by atoms with van der Waals surface area (Å²) in [4.78, 5) is 30.7. The fraction of sp³-hybridized carbons (Fsp3) is 0.423. The number of fused-ring (bicyclic) bond motifs is 1. The molecule has 9 nitrogen and oxygen atoms in total. The van der Waals surface area contributed by atoms with E-state index in [0.717, 1.165) is 84.3 Å². The zero-order valence-electron chi connectivity index (χ0n) is 20.4. The number of amides is 1. The van der Waals surface area contributed by atoms with Gasteiger partial charge in [0.25, 0.3) is 0 Å². The lowest BCUT2D eigenvalue weighted by Crippen LogP contribution is -2.38. The highest BCUT2D eigenvalue weighted by molar-refractivity contribution is 5.95. The summed E-state index contributed by atoms with van der Waals surface area (Å²) in [6, 6.07) is 4.45. The van der Waals surface area contributed by atoms with Gasteiger partial charge in [-0.2, -0.15) is 5.10 Å². The molecule has 35 heavy (non-hydrogen) atoms. The number of unbranched alkanes of at least 4 members (excludes halogenated alkanes) is 1. The molecule has 4 aromatic heterocycles. The van der Waals surface area contributed by atoms with Crippen LogP contribution in [0.25, 0.3) is 33.4 Å². The number of aryl methyl sites for hydroxylation is 1. The molecule has 9 heteroatoms. The Bertz CT molecular complexity index is 1330. The van der Waals surface area contributed by atoms with Crippen LogP contribution < -0.4 is 5.73 Å². The van der Waals surface area contributed by atoms with E-state index >= 15 is 0 Å². The Labute approximate surface area is 204 Å². The van der Waals surface area contributed by atoms with Crippen LogP contribution in [-0.2, 0) is 11.2 Å². The lowest BCUT2D eigenvalue weighted by atomic mass is 10.0. The molecule has 1 aliphatic rings. The second-order valence-electron chi connectivity index (χ2n) is 9.20. The molecule has 1 saturated heterocycles. The summed E-state index contributed by atoms with van der Waals surface area (Å²) in [5, 5.41) is 5.63. The molecule has 0 radical (unpaired) electrons. The highest BCUT2D eigenvalue weighted by Crippen LogP contribution is 2.31. The molecule has 182 valence electrons. The van der Waals surface area contributed by atoms with Gasteiger partial charge in [-0.05, 0) is 37.8 Å². The first-order valence-corrected chi connectivity index (χ1v) is 12.5. The first kappa shape index (κ1) is 23.0. The first-order valence-electron chi connectivity index (χ1n) is 12.5. The van der Waals surface area contributed by atoms with Gasteiger partial charge >= 0.3 is 0 Å². The fourth-order valence-corrected chi connectivity index (χ4v) is 4.81. The van der Waals surface area contributed by atoms with E-state index in [1.54, 1.807) is 0 Å². The fourth-order valence-electron chi connectivity index (χ4n) is 4.81. The van der Waals surface area contributed by atoms with E-state index in [9.17, 15) is 4.79 Å². The Hall–Kier alpha value is -3.75. The molecular formula is C26H32N8O. The second kappa shape index (κ2) is 9.85. The minimum absolute atomic E-state index is 0.231. The molecule has 4 aromatic rings. The number of aromatic nitrogens is 6. The van der Waals surface area contributed by atoms with Crippen LogP contribution in [0.5, 0.6) is 0 Å². The number of piperidine rings is 1. The van der Waals surface area contributed by atoms with Crippen molar-refractivity contribution in [1.29, 1.82) is 0 Å². The molecule has 0 aliphatic carbocycles. The number of likely N-dealkylation sites (tertiary alicyclic amines) is 1. The highest BCUT2D eigenvalue weighted by Gasteiger charge is 2.23. The molecule has 0 saturated carbocycles. The molecular weight excluding hydrogens is 440 g/mol. The number of carbonyl (C=O) groups is 1. The third-order valence-corrected chi connectivity index (χ3v) is 6.82. The van der Waals surface area contributed by atoms with Crippen LogP contribution in [-0.4, -0.2) is 53.6 Å². The maximum absolute atomic E-state index is 12.0.